The van der Waals surface area contributed by atoms with Crippen molar-refractivity contribution in [2.24, 2.45) is 0 Å². The van der Waals surface area contributed by atoms with Gasteiger partial charge in [0.25, 0.3) is 5.56 Å². The topological polar surface area (TPSA) is 55.0 Å². The number of hydrogen-bond donors (Lipinski definition) is 0. The molecule has 0 fully saturated rings. The first kappa shape index (κ1) is 16.7. The Labute approximate surface area is 144 Å². The zero-order valence-corrected chi connectivity index (χ0v) is 14.0. The van der Waals surface area contributed by atoms with E-state index in [1.54, 1.807) is 30.3 Å². The van der Waals surface area contributed by atoms with E-state index < -0.39 is 5.82 Å². The van der Waals surface area contributed by atoms with Crippen molar-refractivity contribution >= 4 is 10.8 Å². The Morgan fingerprint density at radius 2 is 2.00 bits per heavy atom. The van der Waals surface area contributed by atoms with Crippen LogP contribution in [0.5, 0.6) is 5.75 Å². The molecule has 0 bridgehead atoms. The predicted octanol–water partition coefficient (Wildman–Crippen LogP) is 4.10. The first-order valence-electron chi connectivity index (χ1n) is 8.01. The van der Waals surface area contributed by atoms with Gasteiger partial charge in [0.1, 0.15) is 23.3 Å². The third kappa shape index (κ3) is 2.87. The van der Waals surface area contributed by atoms with Crippen molar-refractivity contribution in [2.75, 3.05) is 7.11 Å². The minimum Gasteiger partial charge on any atom is -0.497 e. The summed E-state index contributed by atoms with van der Waals surface area (Å²) in [6.07, 6.45) is 0.707. The molecule has 25 heavy (non-hydrogen) atoms. The molecule has 2 aromatic carbocycles. The van der Waals surface area contributed by atoms with Gasteiger partial charge in [-0.2, -0.15) is 5.26 Å². The molecule has 0 atom stereocenters. The molecule has 0 amide bonds. The maximum Gasteiger partial charge on any atom is 0.259 e. The van der Waals surface area contributed by atoms with E-state index in [1.165, 1.54) is 23.8 Å². The number of halogens is 1. The highest BCUT2D eigenvalue weighted by molar-refractivity contribution is 5.99. The molecule has 5 heteroatoms. The van der Waals surface area contributed by atoms with Gasteiger partial charge < -0.3 is 4.74 Å². The maximum absolute atomic E-state index is 13.8. The third-order valence-electron chi connectivity index (χ3n) is 4.14. The first-order valence-corrected chi connectivity index (χ1v) is 8.01. The Hall–Kier alpha value is -3.13. The molecule has 0 spiro atoms. The lowest BCUT2D eigenvalue weighted by Crippen LogP contribution is -2.24. The molecule has 0 saturated heterocycles. The number of nitrogens with zero attached hydrogens (tertiary/aromatic N) is 2. The lowest BCUT2D eigenvalue weighted by molar-refractivity contribution is 0.415. The van der Waals surface area contributed by atoms with Crippen LogP contribution in [-0.4, -0.2) is 11.7 Å². The van der Waals surface area contributed by atoms with Gasteiger partial charge in [-0.15, -0.1) is 0 Å². The average Bonchev–Trinajstić information content (AvgIpc) is 2.63. The highest BCUT2D eigenvalue weighted by Gasteiger charge is 2.18. The summed E-state index contributed by atoms with van der Waals surface area (Å²) in [4.78, 5) is 12.8. The van der Waals surface area contributed by atoms with E-state index in [0.29, 0.717) is 40.6 Å². The number of benzene rings is 2. The Kier molecular flexibility index (Phi) is 4.53. The number of fused-ring (bicyclic) bond motifs is 1. The van der Waals surface area contributed by atoms with E-state index in [4.69, 9.17) is 4.74 Å². The Morgan fingerprint density at radius 3 is 2.64 bits per heavy atom. The second-order valence-electron chi connectivity index (χ2n) is 5.71. The number of methoxy groups -OCH3 is 1. The highest BCUT2D eigenvalue weighted by atomic mass is 19.1. The minimum absolute atomic E-state index is 0.226. The summed E-state index contributed by atoms with van der Waals surface area (Å²) < 4.78 is 20.5. The molecular weight excluding hydrogens is 319 g/mol. The summed E-state index contributed by atoms with van der Waals surface area (Å²) in [5, 5.41) is 10.8. The van der Waals surface area contributed by atoms with Crippen molar-refractivity contribution in [3.8, 4) is 22.9 Å². The number of nitriles is 1. The quantitative estimate of drug-likeness (QED) is 0.721. The minimum atomic E-state index is -0.398. The second-order valence-corrected chi connectivity index (χ2v) is 5.71. The van der Waals surface area contributed by atoms with Crippen LogP contribution in [0, 0.1) is 17.1 Å². The summed E-state index contributed by atoms with van der Waals surface area (Å²) in [7, 11) is 1.53. The van der Waals surface area contributed by atoms with Crippen LogP contribution in [0.3, 0.4) is 0 Å². The average molecular weight is 336 g/mol. The fourth-order valence-electron chi connectivity index (χ4n) is 3.04. The third-order valence-corrected chi connectivity index (χ3v) is 4.14. The van der Waals surface area contributed by atoms with Gasteiger partial charge in [-0.3, -0.25) is 9.36 Å². The molecule has 0 saturated carbocycles. The van der Waals surface area contributed by atoms with Crippen LogP contribution in [0.15, 0.2) is 47.3 Å². The van der Waals surface area contributed by atoms with E-state index in [1.807, 2.05) is 6.92 Å². The van der Waals surface area contributed by atoms with E-state index in [2.05, 4.69) is 6.07 Å². The van der Waals surface area contributed by atoms with E-state index >= 15 is 0 Å². The standard InChI is InChI=1S/C20H17FN2O2/c1-3-9-23-18(12-22)19(13-5-4-6-14(21)10-13)17-11-15(25-2)7-8-16(17)20(23)24/h4-8,10-11H,3,9H2,1-2H3. The van der Waals surface area contributed by atoms with Crippen LogP contribution in [0.25, 0.3) is 21.9 Å². The Morgan fingerprint density at radius 1 is 1.20 bits per heavy atom. The number of rotatable bonds is 4. The summed E-state index contributed by atoms with van der Waals surface area (Å²) >= 11 is 0. The van der Waals surface area contributed by atoms with Crippen molar-refractivity contribution in [3.63, 3.8) is 0 Å². The monoisotopic (exact) mass is 336 g/mol. The van der Waals surface area contributed by atoms with Gasteiger partial charge in [-0.05, 0) is 42.3 Å². The molecule has 3 aromatic rings. The molecule has 1 aromatic heterocycles. The smallest absolute Gasteiger partial charge is 0.259 e. The van der Waals surface area contributed by atoms with Crippen LogP contribution in [-0.2, 0) is 6.54 Å². The maximum atomic E-state index is 13.8. The molecule has 0 aliphatic heterocycles. The molecule has 0 unspecified atom stereocenters. The summed E-state index contributed by atoms with van der Waals surface area (Å²) in [6.45, 7) is 2.36. The van der Waals surface area contributed by atoms with Gasteiger partial charge in [-0.1, -0.05) is 19.1 Å². The second kappa shape index (κ2) is 6.78. The summed E-state index contributed by atoms with van der Waals surface area (Å²) in [5.41, 5.74) is 1.11. The summed E-state index contributed by atoms with van der Waals surface area (Å²) in [6, 6.07) is 13.3. The van der Waals surface area contributed by atoms with Crippen molar-refractivity contribution < 1.29 is 9.13 Å². The lowest BCUT2D eigenvalue weighted by Gasteiger charge is -2.16. The number of pyridine rings is 1. The summed E-state index contributed by atoms with van der Waals surface area (Å²) in [5.74, 6) is 0.173. The molecule has 0 aliphatic carbocycles. The molecule has 0 aliphatic rings. The van der Waals surface area contributed by atoms with Crippen LogP contribution in [0.1, 0.15) is 19.0 Å². The molecule has 0 radical (unpaired) electrons. The molecule has 4 nitrogen and oxygen atoms in total. The van der Waals surface area contributed by atoms with Gasteiger partial charge in [0, 0.05) is 22.9 Å². The van der Waals surface area contributed by atoms with E-state index in [0.717, 1.165) is 0 Å². The number of hydrogen-bond acceptors (Lipinski definition) is 3. The van der Waals surface area contributed by atoms with Gasteiger partial charge in [0.15, 0.2) is 0 Å². The van der Waals surface area contributed by atoms with Gasteiger partial charge in [-0.25, -0.2) is 4.39 Å². The highest BCUT2D eigenvalue weighted by Crippen LogP contribution is 2.33. The van der Waals surface area contributed by atoms with Crippen molar-refractivity contribution in [1.29, 1.82) is 5.26 Å². The Balaban J connectivity index is 2.52. The van der Waals surface area contributed by atoms with E-state index in [-0.39, 0.29) is 11.3 Å². The van der Waals surface area contributed by atoms with Gasteiger partial charge in [0.05, 0.1) is 7.11 Å². The molecular formula is C20H17FN2O2. The SMILES string of the molecule is CCCn1c(C#N)c(-c2cccc(F)c2)c2cc(OC)ccc2c1=O. The van der Waals surface area contributed by atoms with Crippen LogP contribution in [0.4, 0.5) is 4.39 Å². The lowest BCUT2D eigenvalue weighted by atomic mass is 9.96. The predicted molar refractivity (Wildman–Crippen MR) is 95.2 cm³/mol. The first-order chi connectivity index (χ1) is 12.1. The van der Waals surface area contributed by atoms with Crippen LogP contribution >= 0.6 is 0 Å². The zero-order valence-electron chi connectivity index (χ0n) is 14.0. The largest absolute Gasteiger partial charge is 0.497 e. The van der Waals surface area contributed by atoms with E-state index in [9.17, 15) is 14.4 Å². The fourth-order valence-corrected chi connectivity index (χ4v) is 3.04. The van der Waals surface area contributed by atoms with Crippen molar-refractivity contribution in [2.45, 2.75) is 19.9 Å². The normalized spacial score (nSPS) is 10.6. The van der Waals surface area contributed by atoms with Gasteiger partial charge >= 0.3 is 0 Å². The number of ether oxygens (including phenoxy) is 1. The zero-order chi connectivity index (χ0) is 18.0. The molecule has 0 N–H and O–H groups in total. The van der Waals surface area contributed by atoms with Crippen LogP contribution in [0.2, 0.25) is 0 Å². The van der Waals surface area contributed by atoms with Crippen molar-refractivity contribution in [3.05, 3.63) is 64.3 Å². The molecule has 126 valence electrons. The fraction of sp³-hybridized carbons (Fsp3) is 0.200. The molecule has 1 heterocycles. The molecule has 3 rings (SSSR count). The number of aromatic nitrogens is 1. The Bertz CT molecular complexity index is 1050. The van der Waals surface area contributed by atoms with Crippen molar-refractivity contribution in [1.82, 2.24) is 4.57 Å². The van der Waals surface area contributed by atoms with Gasteiger partial charge in [0.2, 0.25) is 0 Å². The van der Waals surface area contributed by atoms with Crippen LogP contribution < -0.4 is 10.3 Å².